The summed E-state index contributed by atoms with van der Waals surface area (Å²) in [7, 11) is -5.42. The Morgan fingerprint density at radius 1 is 0.879 bits per heavy atom. The van der Waals surface area contributed by atoms with Gasteiger partial charge >= 0.3 is 5.51 Å². The van der Waals surface area contributed by atoms with Crippen molar-refractivity contribution in [1.29, 1.82) is 0 Å². The van der Waals surface area contributed by atoms with E-state index in [1.54, 1.807) is 0 Å². The van der Waals surface area contributed by atoms with Crippen LogP contribution >= 0.6 is 11.8 Å². The van der Waals surface area contributed by atoms with E-state index in [9.17, 15) is 21.6 Å². The summed E-state index contributed by atoms with van der Waals surface area (Å²) in [5.74, 6) is 0. The van der Waals surface area contributed by atoms with Gasteiger partial charge in [0, 0.05) is 49.1 Å². The number of hydrogen-bond donors (Lipinski definition) is 1. The number of benzene rings is 2. The first-order valence-electron chi connectivity index (χ1n) is 10.8. The molecule has 2 aromatic rings. The molecule has 0 aliphatic carbocycles. The molecule has 1 saturated heterocycles. The fourth-order valence-electron chi connectivity index (χ4n) is 4.18. The molecule has 2 aliphatic heterocycles. The lowest BCUT2D eigenvalue weighted by Crippen LogP contribution is -2.47. The molecule has 11 heteroatoms. The molecule has 0 saturated carbocycles. The summed E-state index contributed by atoms with van der Waals surface area (Å²) in [6.45, 7) is 5.80. The number of β-amino-alcohol motifs (C(OH)–C–C–N with tert-alkyl or cyclic N) is 1. The second-order valence-corrected chi connectivity index (χ2v) is 11.1. The Balaban J connectivity index is 1.53. The zero-order valence-electron chi connectivity index (χ0n) is 18.0. The highest BCUT2D eigenvalue weighted by molar-refractivity contribution is 7.99. The molecule has 0 aromatic heterocycles. The third-order valence-electron chi connectivity index (χ3n) is 5.95. The van der Waals surface area contributed by atoms with E-state index in [2.05, 4.69) is 9.80 Å². The van der Waals surface area contributed by atoms with Crippen molar-refractivity contribution in [2.24, 2.45) is 0 Å². The summed E-state index contributed by atoms with van der Waals surface area (Å²) < 4.78 is 63.4. The predicted octanol–water partition coefficient (Wildman–Crippen LogP) is 3.58. The number of piperazine rings is 1. The van der Waals surface area contributed by atoms with Gasteiger partial charge in [-0.15, -0.1) is 0 Å². The number of nitrogens with zero attached hydrogens (tertiary/aromatic N) is 3. The highest BCUT2D eigenvalue weighted by Crippen LogP contribution is 2.49. The average molecular weight is 502 g/mol. The molecule has 1 fully saturated rings. The first-order valence-corrected chi connectivity index (χ1v) is 13.1. The third-order valence-corrected chi connectivity index (χ3v) is 8.56. The summed E-state index contributed by atoms with van der Waals surface area (Å²) in [5, 5.41) is 9.08. The molecule has 180 valence electrons. The number of aliphatic hydroxyl groups is 1. The van der Waals surface area contributed by atoms with E-state index in [1.165, 1.54) is 17.8 Å². The molecule has 2 aromatic carbocycles. The van der Waals surface area contributed by atoms with Crippen LogP contribution in [0.4, 0.5) is 24.5 Å². The van der Waals surface area contributed by atoms with Crippen molar-refractivity contribution in [2.75, 3.05) is 57.3 Å². The minimum Gasteiger partial charge on any atom is -0.395 e. The minimum absolute atomic E-state index is 0.151. The number of sulfone groups is 1. The Bertz CT molecular complexity index is 1090. The number of fused-ring (bicyclic) bond motifs is 2. The van der Waals surface area contributed by atoms with Crippen molar-refractivity contribution in [1.82, 2.24) is 9.80 Å². The van der Waals surface area contributed by atoms with Crippen LogP contribution in [0, 0.1) is 0 Å². The Morgan fingerprint density at radius 2 is 1.52 bits per heavy atom. The minimum atomic E-state index is -5.42. The van der Waals surface area contributed by atoms with E-state index in [-0.39, 0.29) is 6.61 Å². The van der Waals surface area contributed by atoms with Crippen LogP contribution in [0.15, 0.2) is 57.2 Å². The van der Waals surface area contributed by atoms with Crippen LogP contribution in [0.5, 0.6) is 0 Å². The Kier molecular flexibility index (Phi) is 7.25. The number of aliphatic hydroxyl groups excluding tert-OH is 1. The normalized spacial score (nSPS) is 17.6. The molecule has 0 atom stereocenters. The largest absolute Gasteiger partial charge is 0.501 e. The molecule has 0 bridgehead atoms. The number of halogens is 3. The Labute approximate surface area is 195 Å². The van der Waals surface area contributed by atoms with Gasteiger partial charge in [-0.1, -0.05) is 23.9 Å². The van der Waals surface area contributed by atoms with Crippen LogP contribution in [-0.2, 0) is 9.84 Å². The molecule has 6 nitrogen and oxygen atoms in total. The maximum atomic E-state index is 13.1. The van der Waals surface area contributed by atoms with Crippen molar-refractivity contribution in [2.45, 2.75) is 26.6 Å². The fourth-order valence-corrected chi connectivity index (χ4v) is 6.04. The first kappa shape index (κ1) is 24.3. The molecule has 2 aliphatic rings. The van der Waals surface area contributed by atoms with Gasteiger partial charge in [0.15, 0.2) is 0 Å². The number of anilines is 2. The van der Waals surface area contributed by atoms with E-state index in [1.807, 2.05) is 29.2 Å². The molecule has 0 spiro atoms. The predicted molar refractivity (Wildman–Crippen MR) is 122 cm³/mol. The van der Waals surface area contributed by atoms with Crippen LogP contribution in [0.2, 0.25) is 0 Å². The summed E-state index contributed by atoms with van der Waals surface area (Å²) in [5.41, 5.74) is -4.00. The van der Waals surface area contributed by atoms with Crippen LogP contribution in [0.3, 0.4) is 0 Å². The number of hydrogen-bond acceptors (Lipinski definition) is 7. The van der Waals surface area contributed by atoms with E-state index in [0.717, 1.165) is 66.8 Å². The molecule has 2 heterocycles. The lowest BCUT2D eigenvalue weighted by atomic mass is 10.2. The highest BCUT2D eigenvalue weighted by Gasteiger charge is 2.47. The molecule has 0 amide bonds. The van der Waals surface area contributed by atoms with Gasteiger partial charge in [0.25, 0.3) is 9.84 Å². The van der Waals surface area contributed by atoms with E-state index in [4.69, 9.17) is 5.11 Å². The molecule has 33 heavy (non-hydrogen) atoms. The van der Waals surface area contributed by atoms with Crippen LogP contribution < -0.4 is 4.90 Å². The molecule has 0 unspecified atom stereocenters. The van der Waals surface area contributed by atoms with E-state index < -0.39 is 20.2 Å². The van der Waals surface area contributed by atoms with Crippen molar-refractivity contribution in [3.63, 3.8) is 0 Å². The fraction of sp³-hybridized carbons (Fsp3) is 0.455. The van der Waals surface area contributed by atoms with Gasteiger partial charge < -0.3 is 14.9 Å². The molecular weight excluding hydrogens is 475 g/mol. The standard InChI is InChI=1S/C22H26F3N3O3S2/c23-22(24,25)33(30,31)17-6-7-21-19(16-17)28(18-4-1-2-5-20(18)32-21)9-3-8-26-10-12-27(13-11-26)14-15-29/h1-2,4-7,16,29H,3,8-15H2. The van der Waals surface area contributed by atoms with Gasteiger partial charge in [0.1, 0.15) is 0 Å². The lowest BCUT2D eigenvalue weighted by Gasteiger charge is -2.36. The van der Waals surface area contributed by atoms with Crippen LogP contribution in [-0.4, -0.2) is 81.3 Å². The number of rotatable bonds is 7. The van der Waals surface area contributed by atoms with Gasteiger partial charge in [0.2, 0.25) is 0 Å². The Hall–Kier alpha value is -1.79. The number of para-hydroxylation sites is 1. The summed E-state index contributed by atoms with van der Waals surface area (Å²) in [4.78, 5) is 7.45. The number of alkyl halides is 3. The SMILES string of the molecule is O=S(=O)(c1ccc2c(c1)N(CCCN1CCN(CCO)CC1)c1ccccc1S2)C(F)(F)F. The van der Waals surface area contributed by atoms with Crippen molar-refractivity contribution >= 4 is 33.0 Å². The summed E-state index contributed by atoms with van der Waals surface area (Å²) >= 11 is 1.43. The maximum Gasteiger partial charge on any atom is 0.501 e. The summed E-state index contributed by atoms with van der Waals surface area (Å²) in [6, 6.07) is 11.3. The monoisotopic (exact) mass is 501 g/mol. The van der Waals surface area contributed by atoms with Gasteiger partial charge in [-0.25, -0.2) is 8.42 Å². The van der Waals surface area contributed by atoms with Gasteiger partial charge in [-0.2, -0.15) is 13.2 Å². The highest BCUT2D eigenvalue weighted by atomic mass is 32.2. The van der Waals surface area contributed by atoms with Crippen molar-refractivity contribution in [3.8, 4) is 0 Å². The van der Waals surface area contributed by atoms with E-state index in [0.29, 0.717) is 18.8 Å². The molecule has 1 N–H and O–H groups in total. The topological polar surface area (TPSA) is 64.1 Å². The quantitative estimate of drug-likeness (QED) is 0.622. The van der Waals surface area contributed by atoms with Gasteiger partial charge in [0.05, 0.1) is 22.9 Å². The third kappa shape index (κ3) is 5.17. The zero-order valence-corrected chi connectivity index (χ0v) is 19.6. The lowest BCUT2D eigenvalue weighted by molar-refractivity contribution is -0.0436. The second kappa shape index (κ2) is 9.83. The second-order valence-electron chi connectivity index (χ2n) is 8.06. The smallest absolute Gasteiger partial charge is 0.395 e. The van der Waals surface area contributed by atoms with Gasteiger partial charge in [-0.3, -0.25) is 4.90 Å². The van der Waals surface area contributed by atoms with Crippen molar-refractivity contribution in [3.05, 3.63) is 42.5 Å². The maximum absolute atomic E-state index is 13.1. The first-order chi connectivity index (χ1) is 15.7. The van der Waals surface area contributed by atoms with Crippen molar-refractivity contribution < 1.29 is 26.7 Å². The molecular formula is C22H26F3N3O3S2. The Morgan fingerprint density at radius 3 is 2.18 bits per heavy atom. The van der Waals surface area contributed by atoms with E-state index >= 15 is 0 Å². The van der Waals surface area contributed by atoms with Crippen LogP contribution in [0.25, 0.3) is 0 Å². The molecule has 4 rings (SSSR count). The molecule has 0 radical (unpaired) electrons. The van der Waals surface area contributed by atoms with Gasteiger partial charge in [-0.05, 0) is 43.3 Å². The zero-order chi connectivity index (χ0) is 23.6. The van der Waals surface area contributed by atoms with Crippen LogP contribution in [0.1, 0.15) is 6.42 Å². The summed E-state index contributed by atoms with van der Waals surface area (Å²) in [6.07, 6.45) is 0.773. The average Bonchev–Trinajstić information content (AvgIpc) is 2.79.